The number of fused-ring (bicyclic) bond motifs is 1. The van der Waals surface area contributed by atoms with Crippen molar-refractivity contribution in [3.8, 4) is 0 Å². The molecule has 0 aliphatic heterocycles. The molecule has 0 amide bonds. The Kier molecular flexibility index (Phi) is 1.83. The van der Waals surface area contributed by atoms with Crippen molar-refractivity contribution in [1.29, 1.82) is 0 Å². The first-order chi connectivity index (χ1) is 5.90. The second-order valence-corrected chi connectivity index (χ2v) is 2.89. The van der Waals surface area contributed by atoms with Gasteiger partial charge >= 0.3 is 0 Å². The molecule has 0 aliphatic rings. The molecule has 0 heteroatoms. The highest BCUT2D eigenvalue weighted by Crippen LogP contribution is 2.15. The van der Waals surface area contributed by atoms with E-state index in [-0.39, 0.29) is 0 Å². The smallest absolute Gasteiger partial charge is 0.0181 e. The molecule has 0 N–H and O–H groups in total. The van der Waals surface area contributed by atoms with Crippen LogP contribution in [0.1, 0.15) is 5.56 Å². The summed E-state index contributed by atoms with van der Waals surface area (Å²) in [7, 11) is 0. The zero-order valence-electron chi connectivity index (χ0n) is 6.83. The van der Waals surface area contributed by atoms with Gasteiger partial charge in [-0.25, -0.2) is 0 Å². The predicted molar refractivity (Wildman–Crippen MR) is 52.0 cm³/mol. The third-order valence-electron chi connectivity index (χ3n) is 2.05. The van der Waals surface area contributed by atoms with Crippen molar-refractivity contribution >= 4 is 10.8 Å². The van der Waals surface area contributed by atoms with Gasteiger partial charge in [0, 0.05) is 0 Å². The van der Waals surface area contributed by atoms with Gasteiger partial charge in [0.05, 0.1) is 0 Å². The summed E-state index contributed by atoms with van der Waals surface area (Å²) in [6.07, 6.45) is 0.616. The molecule has 0 aliphatic carbocycles. The molecule has 0 spiro atoms. The Morgan fingerprint density at radius 2 is 1.67 bits per heavy atom. The average molecular weight is 154 g/mol. The van der Waals surface area contributed by atoms with Crippen molar-refractivity contribution in [1.82, 2.24) is 0 Å². The first kappa shape index (κ1) is 7.35. The summed E-state index contributed by atoms with van der Waals surface area (Å²) in [6, 6.07) is 14.6. The zero-order chi connectivity index (χ0) is 8.39. The Bertz CT molecular complexity index is 388. The summed E-state index contributed by atoms with van der Waals surface area (Å²) in [5.74, 6) is 0. The summed E-state index contributed by atoms with van der Waals surface area (Å²) >= 11 is 0. The standard InChI is InChI=1S/C12H10/c1-2-10-7-8-11-5-3-4-6-12(11)9-10/h1,3-9H,2H2. The van der Waals surface area contributed by atoms with Gasteiger partial charge in [0.1, 0.15) is 0 Å². The van der Waals surface area contributed by atoms with Crippen LogP contribution in [0.2, 0.25) is 0 Å². The minimum absolute atomic E-state index is 0.616. The lowest BCUT2D eigenvalue weighted by atomic mass is 10.1. The monoisotopic (exact) mass is 154 g/mol. The molecule has 2 aromatic carbocycles. The van der Waals surface area contributed by atoms with Crippen molar-refractivity contribution in [2.24, 2.45) is 0 Å². The van der Waals surface area contributed by atoms with E-state index < -0.39 is 0 Å². The highest BCUT2D eigenvalue weighted by atomic mass is 14.0. The Morgan fingerprint density at radius 1 is 0.917 bits per heavy atom. The molecular formula is C12H10. The first-order valence-electron chi connectivity index (χ1n) is 4.08. The maximum absolute atomic E-state index is 5.54. The van der Waals surface area contributed by atoms with E-state index in [0.717, 1.165) is 0 Å². The van der Waals surface area contributed by atoms with Crippen molar-refractivity contribution in [3.05, 3.63) is 55.0 Å². The summed E-state index contributed by atoms with van der Waals surface area (Å²) in [5.41, 5.74) is 1.19. The minimum Gasteiger partial charge on any atom is -0.0616 e. The average Bonchev–Trinajstić information content (AvgIpc) is 2.17. The van der Waals surface area contributed by atoms with E-state index in [9.17, 15) is 0 Å². The van der Waals surface area contributed by atoms with Gasteiger partial charge in [0.2, 0.25) is 0 Å². The van der Waals surface area contributed by atoms with E-state index in [4.69, 9.17) is 6.92 Å². The molecule has 0 nitrogen and oxygen atoms in total. The molecule has 2 rings (SSSR count). The molecule has 0 heterocycles. The first-order valence-corrected chi connectivity index (χ1v) is 4.08. The Balaban J connectivity index is 2.67. The van der Waals surface area contributed by atoms with Gasteiger partial charge in [-0.1, -0.05) is 42.5 Å². The van der Waals surface area contributed by atoms with Crippen LogP contribution < -0.4 is 0 Å². The van der Waals surface area contributed by atoms with E-state index in [2.05, 4.69) is 30.3 Å². The molecular weight excluding hydrogens is 144 g/mol. The number of hydrogen-bond acceptors (Lipinski definition) is 0. The predicted octanol–water partition coefficient (Wildman–Crippen LogP) is 3.09. The molecule has 0 saturated heterocycles. The Hall–Kier alpha value is -1.30. The molecule has 12 heavy (non-hydrogen) atoms. The van der Waals surface area contributed by atoms with E-state index >= 15 is 0 Å². The topological polar surface area (TPSA) is 0 Å². The van der Waals surface area contributed by atoms with E-state index in [0.29, 0.717) is 6.42 Å². The molecule has 0 saturated carbocycles. The summed E-state index contributed by atoms with van der Waals surface area (Å²) in [4.78, 5) is 0. The number of hydrogen-bond donors (Lipinski definition) is 0. The molecule has 0 aromatic heterocycles. The third kappa shape index (κ3) is 1.20. The minimum atomic E-state index is 0.616. The molecule has 2 radical (unpaired) electrons. The fourth-order valence-electron chi connectivity index (χ4n) is 1.37. The van der Waals surface area contributed by atoms with Gasteiger partial charge in [-0.05, 0) is 29.7 Å². The quantitative estimate of drug-likeness (QED) is 0.592. The van der Waals surface area contributed by atoms with Crippen LogP contribution in [0.3, 0.4) is 0 Å². The second-order valence-electron chi connectivity index (χ2n) is 2.89. The molecule has 58 valence electrons. The molecule has 0 bridgehead atoms. The number of rotatable bonds is 1. The number of benzene rings is 2. The van der Waals surface area contributed by atoms with Crippen molar-refractivity contribution in [2.75, 3.05) is 0 Å². The summed E-state index contributed by atoms with van der Waals surface area (Å²) < 4.78 is 0. The summed E-state index contributed by atoms with van der Waals surface area (Å²) in [6.45, 7) is 5.54. The highest BCUT2D eigenvalue weighted by molar-refractivity contribution is 5.82. The van der Waals surface area contributed by atoms with Crippen molar-refractivity contribution in [3.63, 3.8) is 0 Å². The lowest BCUT2D eigenvalue weighted by Crippen LogP contribution is -1.79. The summed E-state index contributed by atoms with van der Waals surface area (Å²) in [5, 5.41) is 2.54. The SMILES string of the molecule is [CH]Cc1ccc2ccccc2c1. The van der Waals surface area contributed by atoms with Crippen LogP contribution in [0.5, 0.6) is 0 Å². The van der Waals surface area contributed by atoms with E-state index in [1.165, 1.54) is 16.3 Å². The Labute approximate surface area is 72.8 Å². The van der Waals surface area contributed by atoms with Gasteiger partial charge in [-0.2, -0.15) is 0 Å². The van der Waals surface area contributed by atoms with Gasteiger partial charge < -0.3 is 0 Å². The molecule has 0 fully saturated rings. The van der Waals surface area contributed by atoms with Crippen LogP contribution in [0.15, 0.2) is 42.5 Å². The largest absolute Gasteiger partial charge is 0.0616 e. The second kappa shape index (κ2) is 2.98. The fourth-order valence-corrected chi connectivity index (χ4v) is 1.37. The van der Waals surface area contributed by atoms with Crippen LogP contribution in [0.25, 0.3) is 10.8 Å². The molecule has 0 atom stereocenters. The molecule has 2 aromatic rings. The maximum atomic E-state index is 5.54. The van der Waals surface area contributed by atoms with Crippen LogP contribution in [-0.4, -0.2) is 0 Å². The highest BCUT2D eigenvalue weighted by Gasteiger charge is 1.92. The van der Waals surface area contributed by atoms with E-state index in [1.807, 2.05) is 12.1 Å². The van der Waals surface area contributed by atoms with Gasteiger partial charge in [0.15, 0.2) is 0 Å². The van der Waals surface area contributed by atoms with Crippen LogP contribution >= 0.6 is 0 Å². The van der Waals surface area contributed by atoms with Crippen LogP contribution in [0, 0.1) is 6.92 Å². The van der Waals surface area contributed by atoms with Crippen molar-refractivity contribution < 1.29 is 0 Å². The van der Waals surface area contributed by atoms with Crippen LogP contribution in [0.4, 0.5) is 0 Å². The van der Waals surface area contributed by atoms with E-state index in [1.54, 1.807) is 0 Å². The normalized spacial score (nSPS) is 10.4. The zero-order valence-corrected chi connectivity index (χ0v) is 6.83. The maximum Gasteiger partial charge on any atom is -0.0181 e. The third-order valence-corrected chi connectivity index (χ3v) is 2.05. The van der Waals surface area contributed by atoms with Crippen LogP contribution in [-0.2, 0) is 6.42 Å². The van der Waals surface area contributed by atoms with Gasteiger partial charge in [-0.15, -0.1) is 0 Å². The van der Waals surface area contributed by atoms with Crippen molar-refractivity contribution in [2.45, 2.75) is 6.42 Å². The molecule has 0 unspecified atom stereocenters. The van der Waals surface area contributed by atoms with Gasteiger partial charge in [-0.3, -0.25) is 0 Å². The lowest BCUT2D eigenvalue weighted by Gasteiger charge is -1.99. The lowest BCUT2D eigenvalue weighted by molar-refractivity contribution is 1.28. The van der Waals surface area contributed by atoms with Gasteiger partial charge in [0.25, 0.3) is 0 Å². The Morgan fingerprint density at radius 3 is 2.42 bits per heavy atom. The fraction of sp³-hybridized carbons (Fsp3) is 0.0833.